The summed E-state index contributed by atoms with van der Waals surface area (Å²) in [6.07, 6.45) is 0.675. The van der Waals surface area contributed by atoms with Crippen LogP contribution in [0.5, 0.6) is 5.75 Å². The number of carbonyl (C=O) groups excluding carboxylic acids is 2. The molecule has 122 valence electrons. The molecule has 0 spiro atoms. The summed E-state index contributed by atoms with van der Waals surface area (Å²) in [5, 5.41) is 14.5. The van der Waals surface area contributed by atoms with Gasteiger partial charge in [-0.2, -0.15) is 0 Å². The SMILES string of the molecule is O=C(CC1Oc2ccccc2NC1=O)N[C@@H]1CC[C@H](C(=O)O)C1. The number of hydrogen-bond acceptors (Lipinski definition) is 4. The largest absolute Gasteiger partial charge is 0.481 e. The number of carboxylic acid groups (broad SMARTS) is 1. The molecule has 23 heavy (non-hydrogen) atoms. The van der Waals surface area contributed by atoms with Gasteiger partial charge in [-0.05, 0) is 31.4 Å². The number of nitrogens with one attached hydrogen (secondary N) is 2. The first-order valence-electron chi connectivity index (χ1n) is 7.61. The zero-order valence-corrected chi connectivity index (χ0v) is 12.5. The first-order valence-corrected chi connectivity index (χ1v) is 7.61. The topological polar surface area (TPSA) is 105 Å². The number of ether oxygens (including phenoxy) is 1. The molecular formula is C16H18N2O5. The lowest BCUT2D eigenvalue weighted by molar-refractivity contribution is -0.141. The number of amides is 2. The molecule has 2 aliphatic rings. The minimum absolute atomic E-state index is 0.0889. The Bertz CT molecular complexity index is 645. The molecule has 7 nitrogen and oxygen atoms in total. The molecule has 1 aliphatic carbocycles. The van der Waals surface area contributed by atoms with E-state index in [0.29, 0.717) is 30.7 Å². The summed E-state index contributed by atoms with van der Waals surface area (Å²) in [6.45, 7) is 0. The zero-order chi connectivity index (χ0) is 16.4. The van der Waals surface area contributed by atoms with Gasteiger partial charge in [0.15, 0.2) is 6.10 Å². The van der Waals surface area contributed by atoms with Crippen molar-refractivity contribution < 1.29 is 24.2 Å². The molecule has 0 aromatic heterocycles. The Hall–Kier alpha value is -2.57. The lowest BCUT2D eigenvalue weighted by Gasteiger charge is -2.25. The smallest absolute Gasteiger partial charge is 0.306 e. The molecule has 2 amide bonds. The number of hydrogen-bond donors (Lipinski definition) is 3. The van der Waals surface area contributed by atoms with Gasteiger partial charge in [0.2, 0.25) is 5.91 Å². The second kappa shape index (κ2) is 6.28. The van der Waals surface area contributed by atoms with Gasteiger partial charge >= 0.3 is 5.97 Å². The molecule has 0 saturated heterocycles. The third-order valence-electron chi connectivity index (χ3n) is 4.22. The number of carbonyl (C=O) groups is 3. The normalized spacial score (nSPS) is 25.9. The highest BCUT2D eigenvalue weighted by Crippen LogP contribution is 2.30. The average Bonchev–Trinajstić information content (AvgIpc) is 2.96. The number of carboxylic acids is 1. The molecule has 0 bridgehead atoms. The van der Waals surface area contributed by atoms with Crippen molar-refractivity contribution in [3.8, 4) is 5.75 Å². The highest BCUT2D eigenvalue weighted by molar-refractivity contribution is 5.99. The number of rotatable bonds is 4. The van der Waals surface area contributed by atoms with Crippen LogP contribution in [0, 0.1) is 5.92 Å². The van der Waals surface area contributed by atoms with E-state index >= 15 is 0 Å². The summed E-state index contributed by atoms with van der Waals surface area (Å²) in [5.41, 5.74) is 0.592. The minimum Gasteiger partial charge on any atom is -0.481 e. The predicted molar refractivity (Wildman–Crippen MR) is 81.0 cm³/mol. The second-order valence-electron chi connectivity index (χ2n) is 5.91. The Labute approximate surface area is 133 Å². The first-order chi connectivity index (χ1) is 11.0. The Morgan fingerprint density at radius 3 is 2.83 bits per heavy atom. The second-order valence-corrected chi connectivity index (χ2v) is 5.91. The molecule has 1 fully saturated rings. The van der Waals surface area contributed by atoms with Crippen LogP contribution in [-0.2, 0) is 14.4 Å². The molecule has 1 saturated carbocycles. The molecule has 1 aromatic rings. The van der Waals surface area contributed by atoms with Crippen LogP contribution in [0.2, 0.25) is 0 Å². The third-order valence-corrected chi connectivity index (χ3v) is 4.22. The Morgan fingerprint density at radius 1 is 1.30 bits per heavy atom. The number of benzene rings is 1. The van der Waals surface area contributed by atoms with Crippen molar-refractivity contribution in [2.24, 2.45) is 5.92 Å². The van der Waals surface area contributed by atoms with Crippen LogP contribution in [0.15, 0.2) is 24.3 Å². The van der Waals surface area contributed by atoms with Gasteiger partial charge in [0.25, 0.3) is 5.91 Å². The van der Waals surface area contributed by atoms with Crippen LogP contribution in [0.3, 0.4) is 0 Å². The summed E-state index contributed by atoms with van der Waals surface area (Å²) < 4.78 is 5.57. The highest BCUT2D eigenvalue weighted by atomic mass is 16.5. The molecule has 1 aliphatic heterocycles. The van der Waals surface area contributed by atoms with Crippen molar-refractivity contribution in [3.63, 3.8) is 0 Å². The van der Waals surface area contributed by atoms with Crippen LogP contribution in [0.1, 0.15) is 25.7 Å². The zero-order valence-electron chi connectivity index (χ0n) is 12.5. The van der Waals surface area contributed by atoms with Gasteiger partial charge in [0.05, 0.1) is 18.0 Å². The van der Waals surface area contributed by atoms with Crippen molar-refractivity contribution in [1.29, 1.82) is 0 Å². The summed E-state index contributed by atoms with van der Waals surface area (Å²) in [5.74, 6) is -1.35. The van der Waals surface area contributed by atoms with Crippen molar-refractivity contribution >= 4 is 23.5 Å². The van der Waals surface area contributed by atoms with E-state index in [-0.39, 0.29) is 24.3 Å². The van der Waals surface area contributed by atoms with Gasteiger partial charge in [-0.15, -0.1) is 0 Å². The molecule has 1 unspecified atom stereocenters. The van der Waals surface area contributed by atoms with Crippen molar-refractivity contribution in [2.75, 3.05) is 5.32 Å². The molecule has 3 N–H and O–H groups in total. The summed E-state index contributed by atoms with van der Waals surface area (Å²) in [6, 6.07) is 6.89. The van der Waals surface area contributed by atoms with Gasteiger partial charge in [-0.25, -0.2) is 0 Å². The maximum atomic E-state index is 12.1. The summed E-state index contributed by atoms with van der Waals surface area (Å²) >= 11 is 0. The summed E-state index contributed by atoms with van der Waals surface area (Å²) in [7, 11) is 0. The number of anilines is 1. The predicted octanol–water partition coefficient (Wildman–Crippen LogP) is 1.15. The van der Waals surface area contributed by atoms with Crippen LogP contribution >= 0.6 is 0 Å². The Balaban J connectivity index is 1.54. The molecule has 0 radical (unpaired) electrons. The maximum absolute atomic E-state index is 12.1. The lowest BCUT2D eigenvalue weighted by Crippen LogP contribution is -2.42. The maximum Gasteiger partial charge on any atom is 0.306 e. The number of aliphatic carboxylic acids is 1. The standard InChI is InChI=1S/C16H18N2O5/c19-14(17-10-6-5-9(7-10)16(21)22)8-13-15(20)18-11-3-1-2-4-12(11)23-13/h1-4,9-10,13H,5-8H2,(H,17,19)(H,18,20)(H,21,22)/t9-,10+,13?/m0/s1. The van der Waals surface area contributed by atoms with Crippen molar-refractivity contribution in [2.45, 2.75) is 37.8 Å². The van der Waals surface area contributed by atoms with Gasteiger partial charge in [-0.3, -0.25) is 14.4 Å². The van der Waals surface area contributed by atoms with Crippen molar-refractivity contribution in [1.82, 2.24) is 5.32 Å². The van der Waals surface area contributed by atoms with Crippen LogP contribution in [-0.4, -0.2) is 35.0 Å². The van der Waals surface area contributed by atoms with Crippen molar-refractivity contribution in [3.05, 3.63) is 24.3 Å². The Kier molecular flexibility index (Phi) is 4.18. The molecule has 3 atom stereocenters. The fraction of sp³-hybridized carbons (Fsp3) is 0.438. The number of fused-ring (bicyclic) bond motifs is 1. The van der Waals surface area contributed by atoms with Gasteiger partial charge in [0.1, 0.15) is 5.75 Å². The van der Waals surface area contributed by atoms with E-state index in [4.69, 9.17) is 9.84 Å². The van der Waals surface area contributed by atoms with E-state index in [9.17, 15) is 14.4 Å². The molecule has 1 heterocycles. The van der Waals surface area contributed by atoms with Crippen LogP contribution in [0.4, 0.5) is 5.69 Å². The lowest BCUT2D eigenvalue weighted by atomic mass is 10.1. The molecule has 7 heteroatoms. The average molecular weight is 318 g/mol. The molecule has 1 aromatic carbocycles. The first kappa shape index (κ1) is 15.3. The quantitative estimate of drug-likeness (QED) is 0.772. The van der Waals surface area contributed by atoms with Gasteiger partial charge in [0, 0.05) is 6.04 Å². The fourth-order valence-electron chi connectivity index (χ4n) is 3.02. The van der Waals surface area contributed by atoms with E-state index in [0.717, 1.165) is 0 Å². The summed E-state index contributed by atoms with van der Waals surface area (Å²) in [4.78, 5) is 35.0. The number of para-hydroxylation sites is 2. The van der Waals surface area contributed by atoms with E-state index < -0.39 is 18.0 Å². The van der Waals surface area contributed by atoms with Gasteiger partial charge in [-0.1, -0.05) is 12.1 Å². The van der Waals surface area contributed by atoms with E-state index in [1.165, 1.54) is 0 Å². The van der Waals surface area contributed by atoms with E-state index in [1.54, 1.807) is 24.3 Å². The van der Waals surface area contributed by atoms with E-state index in [2.05, 4.69) is 10.6 Å². The van der Waals surface area contributed by atoms with Crippen LogP contribution in [0.25, 0.3) is 0 Å². The molecular weight excluding hydrogens is 300 g/mol. The van der Waals surface area contributed by atoms with Crippen LogP contribution < -0.4 is 15.4 Å². The fourth-order valence-corrected chi connectivity index (χ4v) is 3.02. The highest BCUT2D eigenvalue weighted by Gasteiger charge is 2.33. The monoisotopic (exact) mass is 318 g/mol. The molecule has 3 rings (SSSR count). The minimum atomic E-state index is -0.874. The van der Waals surface area contributed by atoms with E-state index in [1.807, 2.05) is 0 Å². The third kappa shape index (κ3) is 3.44. The Morgan fingerprint density at radius 2 is 2.09 bits per heavy atom. The van der Waals surface area contributed by atoms with Gasteiger partial charge < -0.3 is 20.5 Å².